The van der Waals surface area contributed by atoms with Crippen LogP contribution in [0.3, 0.4) is 0 Å². The lowest BCUT2D eigenvalue weighted by atomic mass is 10.1. The van der Waals surface area contributed by atoms with Crippen molar-refractivity contribution in [3.05, 3.63) is 77.6 Å². The Morgan fingerprint density at radius 2 is 1.69 bits per heavy atom. The highest BCUT2D eigenvalue weighted by atomic mass is 16.2. The lowest BCUT2D eigenvalue weighted by molar-refractivity contribution is 0.0711. The maximum absolute atomic E-state index is 12.8. The van der Waals surface area contributed by atoms with Gasteiger partial charge in [-0.3, -0.25) is 9.78 Å². The predicted octanol–water partition coefficient (Wildman–Crippen LogP) is 2.48. The van der Waals surface area contributed by atoms with E-state index in [1.807, 2.05) is 11.0 Å². The van der Waals surface area contributed by atoms with Gasteiger partial charge in [-0.1, -0.05) is 0 Å². The highest BCUT2D eigenvalue weighted by Crippen LogP contribution is 2.22. The molecule has 0 atom stereocenters. The fourth-order valence-corrected chi connectivity index (χ4v) is 3.80. The van der Waals surface area contributed by atoms with E-state index in [1.165, 1.54) is 0 Å². The Hall–Kier alpha value is -3.68. The van der Waals surface area contributed by atoms with E-state index in [1.54, 1.807) is 54.1 Å². The predicted molar refractivity (Wildman–Crippen MR) is 106 cm³/mol. The summed E-state index contributed by atoms with van der Waals surface area (Å²) in [5.41, 5.74) is 4.51. The van der Waals surface area contributed by atoms with Crippen LogP contribution in [0.5, 0.6) is 0 Å². The van der Waals surface area contributed by atoms with Gasteiger partial charge in [0.2, 0.25) is 0 Å². The highest BCUT2D eigenvalue weighted by molar-refractivity contribution is 5.95. The molecular formula is C21H20N6O2. The van der Waals surface area contributed by atoms with Crippen LogP contribution >= 0.6 is 0 Å². The third-order valence-electron chi connectivity index (χ3n) is 5.45. The minimum Gasteiger partial charge on any atom is -0.331 e. The summed E-state index contributed by atoms with van der Waals surface area (Å²) in [6, 6.07) is 8.83. The van der Waals surface area contributed by atoms with Crippen molar-refractivity contribution in [2.45, 2.75) is 26.2 Å². The summed E-state index contributed by atoms with van der Waals surface area (Å²) in [5.74, 6) is -0.0159. The van der Waals surface area contributed by atoms with E-state index in [0.29, 0.717) is 37.4 Å². The number of amides is 3. The number of imidazole rings is 1. The molecule has 2 aliphatic rings. The maximum Gasteiger partial charge on any atom is 0.322 e. The second-order valence-corrected chi connectivity index (χ2v) is 7.31. The molecule has 3 amide bonds. The Kier molecular flexibility index (Phi) is 4.23. The number of benzene rings is 1. The van der Waals surface area contributed by atoms with Crippen LogP contribution in [0.4, 0.5) is 10.5 Å². The van der Waals surface area contributed by atoms with Gasteiger partial charge in [-0.15, -0.1) is 0 Å². The zero-order chi connectivity index (χ0) is 19.8. The van der Waals surface area contributed by atoms with Gasteiger partial charge in [0.15, 0.2) is 0 Å². The number of urea groups is 1. The Morgan fingerprint density at radius 1 is 0.862 bits per heavy atom. The first-order valence-corrected chi connectivity index (χ1v) is 9.53. The highest BCUT2D eigenvalue weighted by Gasteiger charge is 2.24. The van der Waals surface area contributed by atoms with Crippen LogP contribution < -0.4 is 5.32 Å². The van der Waals surface area contributed by atoms with E-state index in [0.717, 1.165) is 23.4 Å². The van der Waals surface area contributed by atoms with Crippen molar-refractivity contribution in [3.63, 3.8) is 0 Å². The quantitative estimate of drug-likeness (QED) is 0.731. The second-order valence-electron chi connectivity index (χ2n) is 7.31. The first-order valence-electron chi connectivity index (χ1n) is 9.53. The molecule has 8 heteroatoms. The first kappa shape index (κ1) is 17.4. The van der Waals surface area contributed by atoms with Crippen molar-refractivity contribution in [3.8, 4) is 0 Å². The largest absolute Gasteiger partial charge is 0.331 e. The number of pyridine rings is 1. The number of aromatic nitrogens is 3. The van der Waals surface area contributed by atoms with Crippen molar-refractivity contribution in [1.82, 2.24) is 24.3 Å². The molecule has 8 nitrogen and oxygen atoms in total. The van der Waals surface area contributed by atoms with Crippen LogP contribution in [0, 0.1) is 0 Å². The molecule has 3 aromatic rings. The molecule has 0 aliphatic carbocycles. The van der Waals surface area contributed by atoms with E-state index in [4.69, 9.17) is 0 Å². The van der Waals surface area contributed by atoms with Crippen LogP contribution in [-0.4, -0.2) is 42.8 Å². The molecule has 1 aromatic carbocycles. The van der Waals surface area contributed by atoms with Gasteiger partial charge in [0.1, 0.15) is 0 Å². The summed E-state index contributed by atoms with van der Waals surface area (Å²) in [7, 11) is 0. The number of rotatable bonds is 2. The van der Waals surface area contributed by atoms with Gasteiger partial charge in [0.05, 0.1) is 18.6 Å². The van der Waals surface area contributed by atoms with E-state index in [-0.39, 0.29) is 11.9 Å². The Labute approximate surface area is 167 Å². The van der Waals surface area contributed by atoms with Crippen molar-refractivity contribution >= 4 is 17.6 Å². The number of nitrogens with one attached hydrogen (secondary N) is 1. The molecule has 5 rings (SSSR count). The van der Waals surface area contributed by atoms with Crippen LogP contribution in [0.2, 0.25) is 0 Å². The van der Waals surface area contributed by atoms with E-state index in [9.17, 15) is 9.59 Å². The minimum atomic E-state index is -0.162. The summed E-state index contributed by atoms with van der Waals surface area (Å²) in [6.07, 6.45) is 7.14. The number of anilines is 1. The number of nitrogens with zero attached hydrogens (tertiary/aromatic N) is 5. The summed E-state index contributed by atoms with van der Waals surface area (Å²) >= 11 is 0. The normalized spacial score (nSPS) is 15.0. The zero-order valence-electron chi connectivity index (χ0n) is 15.8. The van der Waals surface area contributed by atoms with Crippen molar-refractivity contribution < 1.29 is 9.59 Å². The third-order valence-corrected chi connectivity index (χ3v) is 5.45. The Bertz CT molecular complexity index is 1050. The van der Waals surface area contributed by atoms with E-state index < -0.39 is 0 Å². The summed E-state index contributed by atoms with van der Waals surface area (Å²) < 4.78 is 2.06. The molecule has 0 fully saturated rings. The fraction of sp³-hybridized carbons (Fsp3) is 0.238. The van der Waals surface area contributed by atoms with Gasteiger partial charge in [-0.2, -0.15) is 0 Å². The van der Waals surface area contributed by atoms with E-state index >= 15 is 0 Å². The average Bonchev–Trinajstić information content (AvgIpc) is 3.40. The van der Waals surface area contributed by atoms with Gasteiger partial charge < -0.3 is 19.7 Å². The summed E-state index contributed by atoms with van der Waals surface area (Å²) in [5, 5.41) is 2.90. The first-order chi connectivity index (χ1) is 14.2. The molecule has 0 saturated carbocycles. The molecule has 2 aliphatic heterocycles. The second kappa shape index (κ2) is 7.05. The molecule has 146 valence electrons. The fourth-order valence-electron chi connectivity index (χ4n) is 3.80. The number of fused-ring (bicyclic) bond motifs is 2. The standard InChI is InChI=1S/C21H20N6O2/c28-20(25-7-8-26-14-23-10-19(26)13-25)15-1-3-18(4-2-15)24-21(29)27-11-16-5-6-22-9-17(16)12-27/h1-6,9-10,14H,7-8,11-13H2,(H,24,29). The Morgan fingerprint density at radius 3 is 2.52 bits per heavy atom. The van der Waals surface area contributed by atoms with Gasteiger partial charge in [-0.05, 0) is 41.5 Å². The lowest BCUT2D eigenvalue weighted by Gasteiger charge is -2.28. The SMILES string of the molecule is O=C(Nc1ccc(C(=O)N2CCn3cncc3C2)cc1)N1Cc2ccncc2C1. The molecule has 0 unspecified atom stereocenters. The van der Waals surface area contributed by atoms with Crippen LogP contribution in [0.15, 0.2) is 55.2 Å². The zero-order valence-corrected chi connectivity index (χ0v) is 15.8. The summed E-state index contributed by atoms with van der Waals surface area (Å²) in [6.45, 7) is 3.10. The van der Waals surface area contributed by atoms with Crippen LogP contribution in [0.1, 0.15) is 27.2 Å². The molecule has 1 N–H and O–H groups in total. The van der Waals surface area contributed by atoms with Gasteiger partial charge in [0, 0.05) is 56.0 Å². The summed E-state index contributed by atoms with van der Waals surface area (Å²) in [4.78, 5) is 37.1. The van der Waals surface area contributed by atoms with Crippen molar-refractivity contribution in [1.29, 1.82) is 0 Å². The Balaban J connectivity index is 1.22. The van der Waals surface area contributed by atoms with Crippen molar-refractivity contribution in [2.24, 2.45) is 0 Å². The molecule has 0 saturated heterocycles. The van der Waals surface area contributed by atoms with Gasteiger partial charge in [-0.25, -0.2) is 9.78 Å². The smallest absolute Gasteiger partial charge is 0.322 e. The molecule has 29 heavy (non-hydrogen) atoms. The number of hydrogen-bond donors (Lipinski definition) is 1. The van der Waals surface area contributed by atoms with Gasteiger partial charge >= 0.3 is 6.03 Å². The number of carbonyl (C=O) groups is 2. The van der Waals surface area contributed by atoms with E-state index in [2.05, 4.69) is 19.9 Å². The molecule has 2 aromatic heterocycles. The molecule has 0 radical (unpaired) electrons. The monoisotopic (exact) mass is 388 g/mol. The molecular weight excluding hydrogens is 368 g/mol. The molecule has 0 spiro atoms. The number of hydrogen-bond acceptors (Lipinski definition) is 4. The third kappa shape index (κ3) is 3.33. The minimum absolute atomic E-state index is 0.0159. The van der Waals surface area contributed by atoms with Crippen LogP contribution in [-0.2, 0) is 26.2 Å². The maximum atomic E-state index is 12.8. The van der Waals surface area contributed by atoms with Crippen LogP contribution in [0.25, 0.3) is 0 Å². The van der Waals surface area contributed by atoms with Gasteiger partial charge in [0.25, 0.3) is 5.91 Å². The van der Waals surface area contributed by atoms with Crippen molar-refractivity contribution in [2.75, 3.05) is 11.9 Å². The molecule has 4 heterocycles. The number of carbonyl (C=O) groups excluding carboxylic acids is 2. The topological polar surface area (TPSA) is 83.4 Å². The lowest BCUT2D eigenvalue weighted by Crippen LogP contribution is -2.37. The molecule has 0 bridgehead atoms. The average molecular weight is 388 g/mol.